The normalized spacial score (nSPS) is 10.6. The molecule has 0 radical (unpaired) electrons. The Balaban J connectivity index is 2.14. The van der Waals surface area contributed by atoms with Gasteiger partial charge in [-0.1, -0.05) is 24.3 Å². The Kier molecular flexibility index (Phi) is 2.33. The highest BCUT2D eigenvalue weighted by atomic mass is 19.1. The standard InChI is InChI=1S/C15H10FN/c16-13-8-5-12(6-9-13)15-10-7-11-3-1-2-4-14(11)17-15/h1-10H. The quantitative estimate of drug-likeness (QED) is 0.606. The molecule has 1 heterocycles. The van der Waals surface area contributed by atoms with Crippen LogP contribution in [-0.4, -0.2) is 4.98 Å². The first kappa shape index (κ1) is 9.97. The van der Waals surface area contributed by atoms with Crippen molar-refractivity contribution in [1.82, 2.24) is 4.98 Å². The molecule has 0 aliphatic heterocycles. The highest BCUT2D eigenvalue weighted by Crippen LogP contribution is 2.20. The van der Waals surface area contributed by atoms with Crippen molar-refractivity contribution in [3.63, 3.8) is 0 Å². The topological polar surface area (TPSA) is 12.9 Å². The number of para-hydroxylation sites is 1. The van der Waals surface area contributed by atoms with Crippen molar-refractivity contribution in [2.24, 2.45) is 0 Å². The van der Waals surface area contributed by atoms with E-state index >= 15 is 0 Å². The lowest BCUT2D eigenvalue weighted by Gasteiger charge is -2.02. The van der Waals surface area contributed by atoms with E-state index in [9.17, 15) is 4.39 Å². The van der Waals surface area contributed by atoms with Crippen molar-refractivity contribution in [3.8, 4) is 11.3 Å². The molecule has 82 valence electrons. The maximum atomic E-state index is 12.8. The van der Waals surface area contributed by atoms with Crippen molar-refractivity contribution in [2.45, 2.75) is 0 Å². The third kappa shape index (κ3) is 1.89. The smallest absolute Gasteiger partial charge is 0.123 e. The largest absolute Gasteiger partial charge is 0.248 e. The van der Waals surface area contributed by atoms with Gasteiger partial charge in [0.1, 0.15) is 5.82 Å². The molecule has 0 aliphatic rings. The van der Waals surface area contributed by atoms with Gasteiger partial charge >= 0.3 is 0 Å². The van der Waals surface area contributed by atoms with Crippen LogP contribution in [0.3, 0.4) is 0 Å². The van der Waals surface area contributed by atoms with Gasteiger partial charge in [0.15, 0.2) is 0 Å². The second-order valence-electron chi connectivity index (χ2n) is 3.90. The van der Waals surface area contributed by atoms with Crippen molar-refractivity contribution in [2.75, 3.05) is 0 Å². The van der Waals surface area contributed by atoms with E-state index in [2.05, 4.69) is 4.98 Å². The summed E-state index contributed by atoms with van der Waals surface area (Å²) in [7, 11) is 0. The second-order valence-corrected chi connectivity index (χ2v) is 3.90. The van der Waals surface area contributed by atoms with Crippen LogP contribution in [0.5, 0.6) is 0 Å². The first-order valence-electron chi connectivity index (χ1n) is 5.45. The van der Waals surface area contributed by atoms with Crippen LogP contribution in [0.2, 0.25) is 0 Å². The van der Waals surface area contributed by atoms with Gasteiger partial charge in [-0.2, -0.15) is 0 Å². The van der Waals surface area contributed by atoms with E-state index in [-0.39, 0.29) is 5.82 Å². The Labute approximate surface area is 98.6 Å². The predicted octanol–water partition coefficient (Wildman–Crippen LogP) is 4.04. The molecule has 1 aromatic heterocycles. The van der Waals surface area contributed by atoms with Gasteiger partial charge < -0.3 is 0 Å². The first-order valence-corrected chi connectivity index (χ1v) is 5.45. The van der Waals surface area contributed by atoms with E-state index in [4.69, 9.17) is 0 Å². The fourth-order valence-corrected chi connectivity index (χ4v) is 1.85. The minimum absolute atomic E-state index is 0.227. The highest BCUT2D eigenvalue weighted by Gasteiger charge is 2.01. The third-order valence-electron chi connectivity index (χ3n) is 2.74. The van der Waals surface area contributed by atoms with E-state index in [0.717, 1.165) is 22.2 Å². The summed E-state index contributed by atoms with van der Waals surface area (Å²) in [6.07, 6.45) is 0. The van der Waals surface area contributed by atoms with Crippen LogP contribution < -0.4 is 0 Å². The van der Waals surface area contributed by atoms with Crippen LogP contribution in [0.15, 0.2) is 60.7 Å². The molecule has 0 N–H and O–H groups in total. The maximum Gasteiger partial charge on any atom is 0.123 e. The zero-order valence-electron chi connectivity index (χ0n) is 9.10. The van der Waals surface area contributed by atoms with Crippen molar-refractivity contribution in [1.29, 1.82) is 0 Å². The summed E-state index contributed by atoms with van der Waals surface area (Å²) in [6, 6.07) is 18.3. The number of nitrogens with zero attached hydrogens (tertiary/aromatic N) is 1. The van der Waals surface area contributed by atoms with Crippen LogP contribution in [0, 0.1) is 5.82 Å². The number of fused-ring (bicyclic) bond motifs is 1. The van der Waals surface area contributed by atoms with E-state index < -0.39 is 0 Å². The predicted molar refractivity (Wildman–Crippen MR) is 67.1 cm³/mol. The number of hydrogen-bond donors (Lipinski definition) is 0. The molecule has 0 saturated carbocycles. The van der Waals surface area contributed by atoms with Crippen LogP contribution in [0.4, 0.5) is 4.39 Å². The van der Waals surface area contributed by atoms with E-state index in [1.54, 1.807) is 12.1 Å². The van der Waals surface area contributed by atoms with Gasteiger partial charge in [-0.05, 0) is 36.4 Å². The molecule has 2 aromatic carbocycles. The summed E-state index contributed by atoms with van der Waals surface area (Å²) in [5.74, 6) is -0.227. The summed E-state index contributed by atoms with van der Waals surface area (Å²) in [4.78, 5) is 4.55. The van der Waals surface area contributed by atoms with Crippen LogP contribution in [-0.2, 0) is 0 Å². The van der Waals surface area contributed by atoms with Gasteiger partial charge in [-0.15, -0.1) is 0 Å². The SMILES string of the molecule is Fc1ccc(-c2ccc3ccccc3n2)cc1. The number of rotatable bonds is 1. The molecule has 0 amide bonds. The maximum absolute atomic E-state index is 12.8. The Bertz CT molecular complexity index is 659. The van der Waals surface area contributed by atoms with Gasteiger partial charge in [-0.3, -0.25) is 0 Å². The third-order valence-corrected chi connectivity index (χ3v) is 2.74. The number of hydrogen-bond acceptors (Lipinski definition) is 1. The number of pyridine rings is 1. The molecule has 0 saturated heterocycles. The lowest BCUT2D eigenvalue weighted by atomic mass is 10.1. The van der Waals surface area contributed by atoms with Crippen molar-refractivity contribution < 1.29 is 4.39 Å². The van der Waals surface area contributed by atoms with E-state index in [1.807, 2.05) is 36.4 Å². The molecule has 2 heteroatoms. The Morgan fingerprint density at radius 1 is 0.765 bits per heavy atom. The molecule has 0 unspecified atom stereocenters. The summed E-state index contributed by atoms with van der Waals surface area (Å²) in [5.41, 5.74) is 2.75. The summed E-state index contributed by atoms with van der Waals surface area (Å²) >= 11 is 0. The molecule has 0 aliphatic carbocycles. The molecular weight excluding hydrogens is 213 g/mol. The van der Waals surface area contributed by atoms with Crippen molar-refractivity contribution >= 4 is 10.9 Å². The number of aromatic nitrogens is 1. The molecular formula is C15H10FN. The lowest BCUT2D eigenvalue weighted by molar-refractivity contribution is 0.628. The van der Waals surface area contributed by atoms with E-state index in [0.29, 0.717) is 0 Å². The molecule has 0 spiro atoms. The molecule has 0 bridgehead atoms. The zero-order chi connectivity index (χ0) is 11.7. The molecule has 0 fully saturated rings. The molecule has 3 rings (SSSR count). The summed E-state index contributed by atoms with van der Waals surface area (Å²) in [6.45, 7) is 0. The van der Waals surface area contributed by atoms with Gasteiger partial charge in [0.05, 0.1) is 11.2 Å². The average molecular weight is 223 g/mol. The zero-order valence-corrected chi connectivity index (χ0v) is 9.10. The van der Waals surface area contributed by atoms with Crippen LogP contribution in [0.25, 0.3) is 22.2 Å². The fourth-order valence-electron chi connectivity index (χ4n) is 1.85. The van der Waals surface area contributed by atoms with Crippen LogP contribution in [0.1, 0.15) is 0 Å². The van der Waals surface area contributed by atoms with Gasteiger partial charge in [0.25, 0.3) is 0 Å². The Morgan fingerprint density at radius 3 is 2.35 bits per heavy atom. The summed E-state index contributed by atoms with van der Waals surface area (Å²) < 4.78 is 12.8. The summed E-state index contributed by atoms with van der Waals surface area (Å²) in [5, 5.41) is 1.11. The van der Waals surface area contributed by atoms with Crippen LogP contribution >= 0.6 is 0 Å². The lowest BCUT2D eigenvalue weighted by Crippen LogP contribution is -1.85. The Hall–Kier alpha value is -2.22. The van der Waals surface area contributed by atoms with Gasteiger partial charge in [-0.25, -0.2) is 9.37 Å². The molecule has 17 heavy (non-hydrogen) atoms. The molecule has 3 aromatic rings. The van der Waals surface area contributed by atoms with Crippen molar-refractivity contribution in [3.05, 3.63) is 66.5 Å². The van der Waals surface area contributed by atoms with E-state index in [1.165, 1.54) is 12.1 Å². The minimum atomic E-state index is -0.227. The average Bonchev–Trinajstić information content (AvgIpc) is 2.39. The Morgan fingerprint density at radius 2 is 1.53 bits per heavy atom. The highest BCUT2D eigenvalue weighted by molar-refractivity contribution is 5.81. The molecule has 1 nitrogen and oxygen atoms in total. The monoisotopic (exact) mass is 223 g/mol. The van der Waals surface area contributed by atoms with Gasteiger partial charge in [0.2, 0.25) is 0 Å². The first-order chi connectivity index (χ1) is 8.33. The fraction of sp³-hybridized carbons (Fsp3) is 0. The van der Waals surface area contributed by atoms with Gasteiger partial charge in [0, 0.05) is 10.9 Å². The number of benzene rings is 2. The minimum Gasteiger partial charge on any atom is -0.248 e. The number of halogens is 1. The second kappa shape index (κ2) is 3.98. The molecule has 0 atom stereocenters.